The summed E-state index contributed by atoms with van der Waals surface area (Å²) < 4.78 is 37.7. The molecule has 8 nitrogen and oxygen atoms in total. The molecule has 1 aliphatic heterocycles. The summed E-state index contributed by atoms with van der Waals surface area (Å²) in [6, 6.07) is 15.3. The number of aliphatic imine (C=N–C) groups is 1. The van der Waals surface area contributed by atoms with E-state index >= 15 is 0 Å². The van der Waals surface area contributed by atoms with Gasteiger partial charge in [-0.25, -0.2) is 13.1 Å². The van der Waals surface area contributed by atoms with E-state index in [0.29, 0.717) is 19.0 Å². The largest absolute Gasteiger partial charge is 0.454 e. The van der Waals surface area contributed by atoms with Crippen molar-refractivity contribution in [1.29, 1.82) is 0 Å². The highest BCUT2D eigenvalue weighted by Crippen LogP contribution is 2.32. The summed E-state index contributed by atoms with van der Waals surface area (Å²) in [7, 11) is -3.40. The third kappa shape index (κ3) is 6.93. The second-order valence-electron chi connectivity index (χ2n) is 6.75. The van der Waals surface area contributed by atoms with Gasteiger partial charge >= 0.3 is 0 Å². The number of benzene rings is 2. The summed E-state index contributed by atoms with van der Waals surface area (Å²) in [6.07, 6.45) is 0.776. The Bertz CT molecular complexity index is 949. The first-order valence-corrected chi connectivity index (χ1v) is 11.6. The van der Waals surface area contributed by atoms with Gasteiger partial charge in [0.15, 0.2) is 17.5 Å². The van der Waals surface area contributed by atoms with Gasteiger partial charge in [0.2, 0.25) is 16.8 Å². The van der Waals surface area contributed by atoms with Crippen LogP contribution in [0.2, 0.25) is 0 Å². The molecule has 1 heterocycles. The minimum atomic E-state index is -3.40. The lowest BCUT2D eigenvalue weighted by molar-refractivity contribution is 0.174. The molecule has 0 unspecified atom stereocenters. The number of ether oxygens (including phenoxy) is 2. The molecule has 9 heteroatoms. The van der Waals surface area contributed by atoms with Gasteiger partial charge in [-0.2, -0.15) is 0 Å². The monoisotopic (exact) mass is 432 g/mol. The average Bonchev–Trinajstić information content (AvgIpc) is 3.21. The fourth-order valence-corrected chi connectivity index (χ4v) is 3.76. The summed E-state index contributed by atoms with van der Waals surface area (Å²) >= 11 is 0. The van der Waals surface area contributed by atoms with Gasteiger partial charge in [-0.05, 0) is 36.6 Å². The first kappa shape index (κ1) is 21.9. The van der Waals surface area contributed by atoms with Gasteiger partial charge < -0.3 is 20.1 Å². The zero-order chi connectivity index (χ0) is 21.2. The van der Waals surface area contributed by atoms with Crippen LogP contribution >= 0.6 is 0 Å². The smallest absolute Gasteiger partial charge is 0.231 e. The lowest BCUT2D eigenvalue weighted by Crippen LogP contribution is -2.39. The molecule has 1 aliphatic rings. The van der Waals surface area contributed by atoms with Crippen molar-refractivity contribution >= 4 is 16.0 Å². The molecule has 0 aliphatic carbocycles. The van der Waals surface area contributed by atoms with Gasteiger partial charge in [0.1, 0.15) is 0 Å². The number of guanidine groups is 1. The molecule has 2 aromatic rings. The summed E-state index contributed by atoms with van der Waals surface area (Å²) in [5.74, 6) is 2.06. The molecule has 162 valence electrons. The summed E-state index contributed by atoms with van der Waals surface area (Å²) in [5.41, 5.74) is 2.04. The molecular formula is C21H28N4O4S. The molecule has 0 spiro atoms. The molecule has 0 radical (unpaired) electrons. The van der Waals surface area contributed by atoms with Crippen LogP contribution in [0.3, 0.4) is 0 Å². The summed E-state index contributed by atoms with van der Waals surface area (Å²) in [5, 5.41) is 6.37. The van der Waals surface area contributed by atoms with Crippen molar-refractivity contribution in [2.75, 3.05) is 32.2 Å². The van der Waals surface area contributed by atoms with E-state index in [-0.39, 0.29) is 25.6 Å². The molecule has 0 amide bonds. The normalized spacial score (nSPS) is 13.3. The van der Waals surface area contributed by atoms with Crippen LogP contribution in [-0.2, 0) is 23.0 Å². The number of nitrogens with one attached hydrogen (secondary N) is 3. The number of nitrogens with zero attached hydrogens (tertiary/aromatic N) is 1. The van der Waals surface area contributed by atoms with Crippen LogP contribution in [0.15, 0.2) is 53.5 Å². The van der Waals surface area contributed by atoms with Crippen LogP contribution in [-0.4, -0.2) is 46.6 Å². The molecule has 30 heavy (non-hydrogen) atoms. The molecule has 3 N–H and O–H groups in total. The maximum atomic E-state index is 12.2. The zero-order valence-electron chi connectivity index (χ0n) is 17.1. The fourth-order valence-electron chi connectivity index (χ4n) is 2.90. The van der Waals surface area contributed by atoms with Crippen LogP contribution in [0.1, 0.15) is 18.1 Å². The van der Waals surface area contributed by atoms with E-state index in [0.717, 1.165) is 29.0 Å². The minimum Gasteiger partial charge on any atom is -0.454 e. The van der Waals surface area contributed by atoms with Gasteiger partial charge in [-0.3, -0.25) is 4.99 Å². The van der Waals surface area contributed by atoms with Crippen molar-refractivity contribution in [2.24, 2.45) is 4.99 Å². The molecule has 0 bridgehead atoms. The maximum Gasteiger partial charge on any atom is 0.231 e. The first-order valence-electron chi connectivity index (χ1n) is 9.98. The molecule has 0 aromatic heterocycles. The van der Waals surface area contributed by atoms with Crippen LogP contribution in [0.5, 0.6) is 11.5 Å². The number of hydrogen-bond acceptors (Lipinski definition) is 5. The third-order valence-corrected chi connectivity index (χ3v) is 5.76. The Morgan fingerprint density at radius 3 is 2.63 bits per heavy atom. The number of rotatable bonds is 10. The highest BCUT2D eigenvalue weighted by Gasteiger charge is 2.13. The molecule has 3 rings (SSSR count). The summed E-state index contributed by atoms with van der Waals surface area (Å²) in [4.78, 5) is 4.37. The highest BCUT2D eigenvalue weighted by molar-refractivity contribution is 7.89. The first-order chi connectivity index (χ1) is 14.6. The van der Waals surface area contributed by atoms with E-state index in [1.165, 1.54) is 0 Å². The lowest BCUT2D eigenvalue weighted by atomic mass is 10.1. The van der Waals surface area contributed by atoms with Crippen LogP contribution in [0, 0.1) is 0 Å². The fraction of sp³-hybridized carbons (Fsp3) is 0.381. The predicted molar refractivity (Wildman–Crippen MR) is 117 cm³/mol. The lowest BCUT2D eigenvalue weighted by Gasteiger charge is -2.12. The molecule has 0 atom stereocenters. The van der Waals surface area contributed by atoms with Crippen LogP contribution in [0.4, 0.5) is 0 Å². The van der Waals surface area contributed by atoms with Gasteiger partial charge in [0.25, 0.3) is 0 Å². The van der Waals surface area contributed by atoms with Crippen molar-refractivity contribution in [2.45, 2.75) is 19.9 Å². The number of fused-ring (bicyclic) bond motifs is 1. The van der Waals surface area contributed by atoms with Crippen molar-refractivity contribution < 1.29 is 17.9 Å². The quantitative estimate of drug-likeness (QED) is 0.390. The topological polar surface area (TPSA) is 101 Å². The molecule has 0 saturated heterocycles. The Balaban J connectivity index is 1.44. The van der Waals surface area contributed by atoms with Crippen molar-refractivity contribution in [3.63, 3.8) is 0 Å². The second-order valence-corrected chi connectivity index (χ2v) is 8.68. The maximum absolute atomic E-state index is 12.2. The van der Waals surface area contributed by atoms with Crippen LogP contribution < -0.4 is 24.8 Å². The van der Waals surface area contributed by atoms with E-state index in [1.807, 2.05) is 55.5 Å². The Hall–Kier alpha value is -2.78. The average molecular weight is 433 g/mol. The summed E-state index contributed by atoms with van der Waals surface area (Å²) in [6.45, 7) is 4.02. The standard InChI is InChI=1S/C21H28N4O4S/c1-2-22-21(23-11-10-17-8-9-19-20(14-17)29-16-28-19)24-12-13-30(26,27)25-15-18-6-4-3-5-7-18/h3-9,14,25H,2,10-13,15-16H2,1H3,(H2,22,23,24). The number of hydrogen-bond donors (Lipinski definition) is 3. The molecule has 0 fully saturated rings. The SMILES string of the molecule is CCNC(=NCCS(=O)(=O)NCc1ccccc1)NCCc1ccc2c(c1)OCO2. The van der Waals surface area contributed by atoms with Crippen molar-refractivity contribution in [1.82, 2.24) is 15.4 Å². The molecular weight excluding hydrogens is 404 g/mol. The molecule has 0 saturated carbocycles. The van der Waals surface area contributed by atoms with Gasteiger partial charge in [-0.15, -0.1) is 0 Å². The Kier molecular flexibility index (Phi) is 7.92. The van der Waals surface area contributed by atoms with Gasteiger partial charge in [0, 0.05) is 19.6 Å². The van der Waals surface area contributed by atoms with E-state index in [2.05, 4.69) is 20.3 Å². The van der Waals surface area contributed by atoms with Gasteiger partial charge in [0.05, 0.1) is 12.3 Å². The Morgan fingerprint density at radius 2 is 1.83 bits per heavy atom. The van der Waals surface area contributed by atoms with E-state index in [9.17, 15) is 8.42 Å². The Labute approximate surface area is 177 Å². The molecule has 2 aromatic carbocycles. The van der Waals surface area contributed by atoms with E-state index in [1.54, 1.807) is 0 Å². The zero-order valence-corrected chi connectivity index (χ0v) is 17.9. The van der Waals surface area contributed by atoms with Gasteiger partial charge in [-0.1, -0.05) is 36.4 Å². The minimum absolute atomic E-state index is 0.0709. The van der Waals surface area contributed by atoms with Crippen LogP contribution in [0.25, 0.3) is 0 Å². The third-order valence-electron chi connectivity index (χ3n) is 4.46. The number of sulfonamides is 1. The highest BCUT2D eigenvalue weighted by atomic mass is 32.2. The van der Waals surface area contributed by atoms with Crippen molar-refractivity contribution in [3.05, 3.63) is 59.7 Å². The Morgan fingerprint density at radius 1 is 1.03 bits per heavy atom. The van der Waals surface area contributed by atoms with E-state index < -0.39 is 10.0 Å². The van der Waals surface area contributed by atoms with E-state index in [4.69, 9.17) is 9.47 Å². The predicted octanol–water partition coefficient (Wildman–Crippen LogP) is 1.63. The van der Waals surface area contributed by atoms with Crippen molar-refractivity contribution in [3.8, 4) is 11.5 Å². The second kappa shape index (κ2) is 10.8.